The number of hydrogen-bond donors (Lipinski definition) is 3. The van der Waals surface area contributed by atoms with E-state index in [9.17, 15) is 9.59 Å². The van der Waals surface area contributed by atoms with Crippen LogP contribution in [0.25, 0.3) is 0 Å². The molecule has 13 heteroatoms. The average Bonchev–Trinajstić information content (AvgIpc) is 2.96. The molecule has 0 saturated heterocycles. The number of carbonyl (C=O) groups is 2. The number of allylic oxidation sites excluding steroid dienone is 1. The van der Waals surface area contributed by atoms with Crippen LogP contribution in [0.1, 0.15) is 36.6 Å². The number of ether oxygens (including phenoxy) is 3. The zero-order valence-corrected chi connectivity index (χ0v) is 30.4. The van der Waals surface area contributed by atoms with E-state index in [1.54, 1.807) is 38.3 Å². The Bertz CT molecular complexity index is 1560. The van der Waals surface area contributed by atoms with E-state index in [1.807, 2.05) is 30.3 Å². The predicted octanol–water partition coefficient (Wildman–Crippen LogP) is 5.96. The van der Waals surface area contributed by atoms with Gasteiger partial charge in [0.1, 0.15) is 18.1 Å². The highest BCUT2D eigenvalue weighted by atomic mass is 127. The van der Waals surface area contributed by atoms with Gasteiger partial charge in [0.05, 0.1) is 31.6 Å². The number of hydrazone groups is 1. The van der Waals surface area contributed by atoms with Crippen molar-refractivity contribution in [3.05, 3.63) is 99.3 Å². The van der Waals surface area contributed by atoms with E-state index in [2.05, 4.69) is 101 Å². The van der Waals surface area contributed by atoms with E-state index in [0.29, 0.717) is 34.3 Å². The number of nitrogens with zero attached hydrogens (tertiary/aromatic N) is 1. The standard InChI is InChI=1S/C30H27I3N4O5S/c1-3-40-29(39)26-17(2)35-30(43)36-27(26)21-6-4-5-7-24(21)41-16-25(38)37-34-14-19-12-22(32)28(23(33)13-19)42-15-18-8-10-20(31)11-9-18/h4-14,27H,3,15-16H2,1-2H3,(H,37,38)(H2,35,36,43)/t27-/m1/s1. The Kier molecular flexibility index (Phi) is 12.4. The van der Waals surface area contributed by atoms with Gasteiger partial charge in [-0.25, -0.2) is 10.2 Å². The molecule has 0 fully saturated rings. The minimum Gasteiger partial charge on any atom is -0.487 e. The number of para-hydroxylation sites is 1. The summed E-state index contributed by atoms with van der Waals surface area (Å²) in [4.78, 5) is 25.3. The Morgan fingerprint density at radius 1 is 1.05 bits per heavy atom. The van der Waals surface area contributed by atoms with Crippen molar-refractivity contribution in [1.82, 2.24) is 16.1 Å². The van der Waals surface area contributed by atoms with Crippen LogP contribution in [-0.2, 0) is 20.9 Å². The molecule has 1 aliphatic heterocycles. The second-order valence-corrected chi connectivity index (χ2v) is 13.1. The molecule has 1 aliphatic rings. The monoisotopic (exact) mass is 936 g/mol. The summed E-state index contributed by atoms with van der Waals surface area (Å²) in [6.45, 7) is 3.91. The van der Waals surface area contributed by atoms with Gasteiger partial charge in [-0.15, -0.1) is 0 Å². The molecule has 1 heterocycles. The van der Waals surface area contributed by atoms with Crippen molar-refractivity contribution in [1.29, 1.82) is 0 Å². The molecule has 3 aromatic carbocycles. The minimum absolute atomic E-state index is 0.232. The molecule has 9 nitrogen and oxygen atoms in total. The van der Waals surface area contributed by atoms with Crippen LogP contribution in [0, 0.1) is 10.7 Å². The first kappa shape index (κ1) is 33.4. The zero-order valence-electron chi connectivity index (χ0n) is 23.1. The first-order chi connectivity index (χ1) is 20.7. The number of carbonyl (C=O) groups excluding carboxylic acids is 2. The van der Waals surface area contributed by atoms with Gasteiger partial charge in [0.15, 0.2) is 11.7 Å². The van der Waals surface area contributed by atoms with Crippen molar-refractivity contribution in [2.45, 2.75) is 26.5 Å². The van der Waals surface area contributed by atoms with Crippen molar-refractivity contribution < 1.29 is 23.8 Å². The normalized spacial score (nSPS) is 14.6. The van der Waals surface area contributed by atoms with Crippen LogP contribution in [0.15, 0.2) is 77.0 Å². The molecule has 43 heavy (non-hydrogen) atoms. The van der Waals surface area contributed by atoms with Crippen molar-refractivity contribution in [3.8, 4) is 11.5 Å². The van der Waals surface area contributed by atoms with Crippen molar-refractivity contribution in [2.75, 3.05) is 13.2 Å². The van der Waals surface area contributed by atoms with Gasteiger partial charge in [0.25, 0.3) is 5.91 Å². The summed E-state index contributed by atoms with van der Waals surface area (Å²) in [6, 6.07) is 18.6. The minimum atomic E-state index is -0.612. The van der Waals surface area contributed by atoms with Gasteiger partial charge in [0.2, 0.25) is 0 Å². The summed E-state index contributed by atoms with van der Waals surface area (Å²) in [5.41, 5.74) is 6.01. The largest absolute Gasteiger partial charge is 0.487 e. The van der Waals surface area contributed by atoms with E-state index in [4.69, 9.17) is 26.4 Å². The quantitative estimate of drug-likeness (QED) is 0.0711. The average molecular weight is 936 g/mol. The van der Waals surface area contributed by atoms with Crippen molar-refractivity contribution in [3.63, 3.8) is 0 Å². The number of thiocarbonyl (C=S) groups is 1. The highest BCUT2D eigenvalue weighted by Crippen LogP contribution is 2.34. The van der Waals surface area contributed by atoms with Gasteiger partial charge in [-0.1, -0.05) is 30.3 Å². The number of hydrogen-bond acceptors (Lipinski definition) is 7. The Morgan fingerprint density at radius 3 is 2.44 bits per heavy atom. The number of halogens is 3. The molecule has 1 amide bonds. The molecule has 3 aromatic rings. The molecule has 0 unspecified atom stereocenters. The van der Waals surface area contributed by atoms with E-state index in [0.717, 1.165) is 24.0 Å². The van der Waals surface area contributed by atoms with Gasteiger partial charge in [-0.2, -0.15) is 5.10 Å². The Hall–Kier alpha value is -2.51. The van der Waals surface area contributed by atoms with Crippen LogP contribution in [-0.4, -0.2) is 36.4 Å². The summed E-state index contributed by atoms with van der Waals surface area (Å²) in [5.74, 6) is 0.305. The SMILES string of the molecule is CCOC(=O)C1=C(C)NC(=S)N[C@@H]1c1ccccc1OCC(=O)NN=Cc1cc(I)c(OCc2ccc(I)cc2)c(I)c1. The van der Waals surface area contributed by atoms with Crippen LogP contribution in [0.3, 0.4) is 0 Å². The number of esters is 1. The summed E-state index contributed by atoms with van der Waals surface area (Å²) in [7, 11) is 0. The smallest absolute Gasteiger partial charge is 0.338 e. The lowest BCUT2D eigenvalue weighted by Crippen LogP contribution is -2.45. The van der Waals surface area contributed by atoms with Crippen LogP contribution in [0.5, 0.6) is 11.5 Å². The van der Waals surface area contributed by atoms with Gasteiger partial charge in [-0.05, 0) is 135 Å². The zero-order chi connectivity index (χ0) is 30.9. The second kappa shape index (κ2) is 16.0. The number of rotatable bonds is 11. The second-order valence-electron chi connectivity index (χ2n) is 9.14. The van der Waals surface area contributed by atoms with Gasteiger partial charge in [-0.3, -0.25) is 4.79 Å². The Morgan fingerprint density at radius 2 is 1.74 bits per heavy atom. The molecule has 0 spiro atoms. The number of benzene rings is 3. The molecular weight excluding hydrogens is 909 g/mol. The highest BCUT2D eigenvalue weighted by molar-refractivity contribution is 14.1. The molecule has 0 aliphatic carbocycles. The predicted molar refractivity (Wildman–Crippen MR) is 194 cm³/mol. The third-order valence-corrected chi connectivity index (χ3v) is 8.61. The maximum Gasteiger partial charge on any atom is 0.338 e. The Labute approximate surface area is 296 Å². The lowest BCUT2D eigenvalue weighted by molar-refractivity contribution is -0.139. The van der Waals surface area contributed by atoms with Gasteiger partial charge >= 0.3 is 5.97 Å². The number of nitrogens with one attached hydrogen (secondary N) is 3. The van der Waals surface area contributed by atoms with Crippen LogP contribution < -0.4 is 25.5 Å². The van der Waals surface area contributed by atoms with E-state index in [-0.39, 0.29) is 13.2 Å². The topological polar surface area (TPSA) is 110 Å². The van der Waals surface area contributed by atoms with E-state index < -0.39 is 17.9 Å². The Balaban J connectivity index is 1.37. The van der Waals surface area contributed by atoms with Crippen molar-refractivity contribution >= 4 is 103 Å². The first-order valence-corrected chi connectivity index (χ1v) is 16.7. The summed E-state index contributed by atoms with van der Waals surface area (Å²) >= 11 is 12.1. The molecular formula is C30H27I3N4O5S. The van der Waals surface area contributed by atoms with Gasteiger partial charge < -0.3 is 24.8 Å². The third-order valence-electron chi connectivity index (χ3n) is 6.07. The molecule has 0 saturated carbocycles. The first-order valence-electron chi connectivity index (χ1n) is 13.0. The molecule has 1 atom stereocenters. The maximum absolute atomic E-state index is 12.7. The maximum atomic E-state index is 12.7. The fraction of sp³-hybridized carbons (Fsp3) is 0.200. The summed E-state index contributed by atoms with van der Waals surface area (Å²) < 4.78 is 20.2. The van der Waals surface area contributed by atoms with Crippen LogP contribution in [0.4, 0.5) is 0 Å². The molecule has 0 radical (unpaired) electrons. The third kappa shape index (κ3) is 9.24. The van der Waals surface area contributed by atoms with Crippen molar-refractivity contribution in [2.24, 2.45) is 5.10 Å². The fourth-order valence-electron chi connectivity index (χ4n) is 4.14. The molecule has 0 bridgehead atoms. The van der Waals surface area contributed by atoms with E-state index in [1.165, 1.54) is 3.57 Å². The summed E-state index contributed by atoms with van der Waals surface area (Å²) in [5, 5.41) is 10.5. The summed E-state index contributed by atoms with van der Waals surface area (Å²) in [6.07, 6.45) is 1.57. The van der Waals surface area contributed by atoms with E-state index >= 15 is 0 Å². The molecule has 3 N–H and O–H groups in total. The highest BCUT2D eigenvalue weighted by Gasteiger charge is 2.32. The van der Waals surface area contributed by atoms with Crippen LogP contribution >= 0.6 is 80.0 Å². The lowest BCUT2D eigenvalue weighted by Gasteiger charge is -2.30. The molecule has 4 rings (SSSR count). The van der Waals surface area contributed by atoms with Crippen LogP contribution in [0.2, 0.25) is 0 Å². The fourth-order valence-corrected chi connectivity index (χ4v) is 6.90. The lowest BCUT2D eigenvalue weighted by atomic mass is 9.95. The number of amides is 1. The van der Waals surface area contributed by atoms with Gasteiger partial charge in [0, 0.05) is 14.8 Å². The molecule has 0 aromatic heterocycles. The molecule has 224 valence electrons.